The van der Waals surface area contributed by atoms with Gasteiger partial charge in [-0.05, 0) is 69.5 Å². The molecule has 0 unspecified atom stereocenters. The third kappa shape index (κ3) is 5.42. The fourth-order valence-electron chi connectivity index (χ4n) is 3.90. The molecule has 0 aliphatic carbocycles. The molecule has 1 aliphatic heterocycles. The van der Waals surface area contributed by atoms with E-state index in [1.807, 2.05) is 13.8 Å². The van der Waals surface area contributed by atoms with E-state index in [2.05, 4.69) is 5.32 Å². The number of para-hydroxylation sites is 1. The number of hydrogen-bond acceptors (Lipinski definition) is 5. The first-order chi connectivity index (χ1) is 14.9. The van der Waals surface area contributed by atoms with Gasteiger partial charge in [-0.25, -0.2) is 4.79 Å². The topological polar surface area (TPSA) is 84.9 Å². The van der Waals surface area contributed by atoms with Gasteiger partial charge in [-0.1, -0.05) is 12.1 Å². The van der Waals surface area contributed by atoms with E-state index >= 15 is 0 Å². The number of hydrogen-bond donors (Lipinski definition) is 1. The molecule has 7 nitrogen and oxygen atoms in total. The molecule has 0 spiro atoms. The Bertz CT molecular complexity index is 931. The Kier molecular flexibility index (Phi) is 7.28. The fraction of sp³-hybridized carbons (Fsp3) is 0.375. The Hall–Kier alpha value is -3.35. The predicted octanol–water partition coefficient (Wildman–Crippen LogP) is 3.89. The van der Waals surface area contributed by atoms with Crippen LogP contribution in [0.3, 0.4) is 0 Å². The number of ether oxygens (including phenoxy) is 2. The van der Waals surface area contributed by atoms with Gasteiger partial charge < -0.3 is 19.7 Å². The van der Waals surface area contributed by atoms with Crippen LogP contribution in [-0.2, 0) is 9.53 Å². The molecule has 3 rings (SSSR count). The number of nitrogens with one attached hydrogen (secondary N) is 1. The minimum Gasteiger partial charge on any atom is -0.497 e. The molecule has 2 aromatic carbocycles. The molecule has 0 bridgehead atoms. The summed E-state index contributed by atoms with van der Waals surface area (Å²) < 4.78 is 10.4. The summed E-state index contributed by atoms with van der Waals surface area (Å²) >= 11 is 0. The van der Waals surface area contributed by atoms with Crippen molar-refractivity contribution in [2.75, 3.05) is 19.0 Å². The second kappa shape index (κ2) is 10.1. The normalized spacial score (nSPS) is 18.2. The van der Waals surface area contributed by atoms with E-state index in [1.54, 1.807) is 60.5 Å². The minimum absolute atomic E-state index is 0.131. The molecule has 1 N–H and O–H groups in total. The van der Waals surface area contributed by atoms with Crippen LogP contribution in [0.2, 0.25) is 0 Å². The first kappa shape index (κ1) is 22.3. The lowest BCUT2D eigenvalue weighted by Crippen LogP contribution is -2.49. The number of anilines is 1. The van der Waals surface area contributed by atoms with Crippen LogP contribution in [0.5, 0.6) is 5.75 Å². The fourth-order valence-corrected chi connectivity index (χ4v) is 3.90. The van der Waals surface area contributed by atoms with Crippen LogP contribution in [0.15, 0.2) is 48.5 Å². The SMILES string of the molecule is COc1ccc(C(=O)Nc2ccccc2C(=O)OCC(=O)N2[C@@H](C)CCC[C@@H]2C)cc1. The van der Waals surface area contributed by atoms with Crippen molar-refractivity contribution >= 4 is 23.5 Å². The lowest BCUT2D eigenvalue weighted by atomic mass is 9.97. The van der Waals surface area contributed by atoms with E-state index in [-0.39, 0.29) is 36.1 Å². The van der Waals surface area contributed by atoms with Crippen LogP contribution >= 0.6 is 0 Å². The van der Waals surface area contributed by atoms with Gasteiger partial charge in [0.25, 0.3) is 11.8 Å². The molecule has 164 valence electrons. The van der Waals surface area contributed by atoms with Gasteiger partial charge in [-0.15, -0.1) is 0 Å². The lowest BCUT2D eigenvalue weighted by Gasteiger charge is -2.38. The van der Waals surface area contributed by atoms with Crippen molar-refractivity contribution < 1.29 is 23.9 Å². The van der Waals surface area contributed by atoms with Crippen LogP contribution in [-0.4, -0.2) is 48.5 Å². The molecule has 2 atom stereocenters. The van der Waals surface area contributed by atoms with Crippen molar-refractivity contribution in [2.24, 2.45) is 0 Å². The highest BCUT2D eigenvalue weighted by atomic mass is 16.5. The number of benzene rings is 2. The summed E-state index contributed by atoms with van der Waals surface area (Å²) in [7, 11) is 1.55. The van der Waals surface area contributed by atoms with Crippen LogP contribution in [0.25, 0.3) is 0 Å². The van der Waals surface area contributed by atoms with Gasteiger partial charge in [0, 0.05) is 17.6 Å². The van der Waals surface area contributed by atoms with Gasteiger partial charge in [0.2, 0.25) is 0 Å². The van der Waals surface area contributed by atoms with E-state index in [1.165, 1.54) is 0 Å². The summed E-state index contributed by atoms with van der Waals surface area (Å²) in [5.74, 6) is -0.582. The van der Waals surface area contributed by atoms with Crippen LogP contribution in [0, 0.1) is 0 Å². The van der Waals surface area contributed by atoms with Gasteiger partial charge in [-0.3, -0.25) is 9.59 Å². The monoisotopic (exact) mass is 424 g/mol. The first-order valence-corrected chi connectivity index (χ1v) is 10.4. The van der Waals surface area contributed by atoms with Crippen LogP contribution in [0.4, 0.5) is 5.69 Å². The summed E-state index contributed by atoms with van der Waals surface area (Å²) in [5.41, 5.74) is 0.935. The van der Waals surface area contributed by atoms with Gasteiger partial charge in [0.15, 0.2) is 6.61 Å². The zero-order chi connectivity index (χ0) is 22.4. The van der Waals surface area contributed by atoms with Crippen molar-refractivity contribution in [3.05, 3.63) is 59.7 Å². The van der Waals surface area contributed by atoms with Gasteiger partial charge >= 0.3 is 5.97 Å². The molecule has 1 aliphatic rings. The number of piperidine rings is 1. The molecule has 0 saturated carbocycles. The Labute approximate surface area is 182 Å². The second-order valence-corrected chi connectivity index (χ2v) is 7.73. The molecule has 2 aromatic rings. The highest BCUT2D eigenvalue weighted by Crippen LogP contribution is 2.23. The molecule has 0 radical (unpaired) electrons. The van der Waals surface area contributed by atoms with E-state index in [0.29, 0.717) is 17.0 Å². The maximum Gasteiger partial charge on any atom is 0.340 e. The molecule has 7 heteroatoms. The molecule has 1 saturated heterocycles. The average molecular weight is 424 g/mol. The highest BCUT2D eigenvalue weighted by Gasteiger charge is 2.29. The number of esters is 1. The van der Waals surface area contributed by atoms with E-state index < -0.39 is 5.97 Å². The second-order valence-electron chi connectivity index (χ2n) is 7.73. The summed E-state index contributed by atoms with van der Waals surface area (Å²) in [4.78, 5) is 39.6. The third-order valence-corrected chi connectivity index (χ3v) is 5.56. The molecule has 31 heavy (non-hydrogen) atoms. The Morgan fingerprint density at radius 2 is 1.65 bits per heavy atom. The van der Waals surface area contributed by atoms with E-state index in [9.17, 15) is 14.4 Å². The highest BCUT2D eigenvalue weighted by molar-refractivity contribution is 6.08. The maximum atomic E-state index is 12.7. The largest absolute Gasteiger partial charge is 0.497 e. The molecule has 0 aromatic heterocycles. The Morgan fingerprint density at radius 1 is 1.00 bits per heavy atom. The van der Waals surface area contributed by atoms with Crippen molar-refractivity contribution in [1.82, 2.24) is 4.90 Å². The quantitative estimate of drug-likeness (QED) is 0.711. The third-order valence-electron chi connectivity index (χ3n) is 5.56. The Morgan fingerprint density at radius 3 is 2.29 bits per heavy atom. The minimum atomic E-state index is -0.656. The van der Waals surface area contributed by atoms with E-state index in [4.69, 9.17) is 9.47 Å². The number of likely N-dealkylation sites (tertiary alicyclic amines) is 1. The van der Waals surface area contributed by atoms with Crippen LogP contribution in [0.1, 0.15) is 53.8 Å². The van der Waals surface area contributed by atoms with Gasteiger partial charge in [0.05, 0.1) is 18.4 Å². The molecule has 1 fully saturated rings. The molecular weight excluding hydrogens is 396 g/mol. The first-order valence-electron chi connectivity index (χ1n) is 10.4. The maximum absolute atomic E-state index is 12.7. The van der Waals surface area contributed by atoms with Crippen molar-refractivity contribution in [1.29, 1.82) is 0 Å². The standard InChI is InChI=1S/C24H28N2O5/c1-16-7-6-8-17(2)26(16)22(27)15-31-24(29)20-9-4-5-10-21(20)25-23(28)18-11-13-19(30-3)14-12-18/h4-5,9-14,16-17H,6-8,15H2,1-3H3,(H,25,28)/t16-,17-/m0/s1. The van der Waals surface area contributed by atoms with Crippen molar-refractivity contribution in [3.63, 3.8) is 0 Å². The molecule has 2 amide bonds. The summed E-state index contributed by atoms with van der Waals surface area (Å²) in [6.07, 6.45) is 2.99. The molecular formula is C24H28N2O5. The van der Waals surface area contributed by atoms with Gasteiger partial charge in [0.1, 0.15) is 5.75 Å². The van der Waals surface area contributed by atoms with Crippen LogP contribution < -0.4 is 10.1 Å². The number of amides is 2. The zero-order valence-electron chi connectivity index (χ0n) is 18.1. The lowest BCUT2D eigenvalue weighted by molar-refractivity contribution is -0.140. The summed E-state index contributed by atoms with van der Waals surface area (Å²) in [5, 5.41) is 2.73. The number of methoxy groups -OCH3 is 1. The number of rotatable bonds is 6. The van der Waals surface area contributed by atoms with Crippen molar-refractivity contribution in [3.8, 4) is 5.75 Å². The number of nitrogens with zero attached hydrogens (tertiary/aromatic N) is 1. The molecule has 1 heterocycles. The smallest absolute Gasteiger partial charge is 0.340 e. The average Bonchev–Trinajstić information content (AvgIpc) is 2.77. The predicted molar refractivity (Wildman–Crippen MR) is 117 cm³/mol. The summed E-state index contributed by atoms with van der Waals surface area (Å²) in [6.45, 7) is 3.70. The number of carbonyl (C=O) groups is 3. The van der Waals surface area contributed by atoms with E-state index in [0.717, 1.165) is 19.3 Å². The Balaban J connectivity index is 1.65. The van der Waals surface area contributed by atoms with Gasteiger partial charge in [-0.2, -0.15) is 0 Å². The summed E-state index contributed by atoms with van der Waals surface area (Å²) in [6, 6.07) is 13.5. The number of carbonyl (C=O) groups excluding carboxylic acids is 3. The van der Waals surface area contributed by atoms with Crippen molar-refractivity contribution in [2.45, 2.75) is 45.2 Å². The zero-order valence-corrected chi connectivity index (χ0v) is 18.1.